The summed E-state index contributed by atoms with van der Waals surface area (Å²) in [5.74, 6) is -0.463. The molecule has 1 aliphatic heterocycles. The summed E-state index contributed by atoms with van der Waals surface area (Å²) >= 11 is 0. The van der Waals surface area contributed by atoms with E-state index in [-0.39, 0.29) is 43.1 Å². The Hall–Kier alpha value is -3.02. The van der Waals surface area contributed by atoms with Gasteiger partial charge in [-0.15, -0.1) is 0 Å². The zero-order valence-corrected chi connectivity index (χ0v) is 14.9. The first-order valence-electron chi connectivity index (χ1n) is 8.64. The number of hydrogen-bond acceptors (Lipinski definition) is 4. The lowest BCUT2D eigenvalue weighted by atomic mass is 10.1. The topological polar surface area (TPSA) is 71.7 Å². The van der Waals surface area contributed by atoms with Gasteiger partial charge < -0.3 is 0 Å². The maximum Gasteiger partial charge on any atom is 0.263 e. The van der Waals surface area contributed by atoms with E-state index >= 15 is 0 Å². The second kappa shape index (κ2) is 7.47. The molecule has 2 amide bonds. The molecule has 0 N–H and O–H groups in total. The van der Waals surface area contributed by atoms with Crippen molar-refractivity contribution in [1.82, 2.24) is 9.47 Å². The lowest BCUT2D eigenvalue weighted by molar-refractivity contribution is -0.139. The summed E-state index contributed by atoms with van der Waals surface area (Å²) in [6.45, 7) is 4.16. The highest BCUT2D eigenvalue weighted by atomic mass is 16.2. The van der Waals surface area contributed by atoms with Crippen LogP contribution in [0.25, 0.3) is 0 Å². The fourth-order valence-corrected chi connectivity index (χ4v) is 2.85. The van der Waals surface area contributed by atoms with E-state index in [0.717, 1.165) is 5.56 Å². The summed E-state index contributed by atoms with van der Waals surface area (Å²) in [4.78, 5) is 42.0. The van der Waals surface area contributed by atoms with Gasteiger partial charge in [0.2, 0.25) is 11.8 Å². The number of imide groups is 1. The molecule has 2 aromatic rings. The second-order valence-electron chi connectivity index (χ2n) is 6.53. The van der Waals surface area contributed by atoms with E-state index in [1.165, 1.54) is 9.47 Å². The third kappa shape index (κ3) is 3.79. The normalized spacial score (nSPS) is 15.2. The van der Waals surface area contributed by atoms with Crippen molar-refractivity contribution in [3.63, 3.8) is 0 Å². The van der Waals surface area contributed by atoms with E-state index in [4.69, 9.17) is 0 Å². The Balaban J connectivity index is 1.82. The number of pyridine rings is 1. The largest absolute Gasteiger partial charge is 0.278 e. The maximum atomic E-state index is 12.8. The van der Waals surface area contributed by atoms with Gasteiger partial charge in [0.1, 0.15) is 5.49 Å². The Labute approximate surface area is 151 Å². The predicted molar refractivity (Wildman–Crippen MR) is 96.1 cm³/mol. The van der Waals surface area contributed by atoms with E-state index in [9.17, 15) is 14.4 Å². The number of carbonyl (C=O) groups is 3. The fraction of sp³-hybridized carbons (Fsp3) is 0.300. The predicted octanol–water partition coefficient (Wildman–Crippen LogP) is 2.13. The Bertz CT molecular complexity index is 894. The molecule has 26 heavy (non-hydrogen) atoms. The van der Waals surface area contributed by atoms with E-state index in [2.05, 4.69) is 4.99 Å². The molecule has 0 radical (unpaired) electrons. The molecule has 1 aromatic carbocycles. The van der Waals surface area contributed by atoms with Gasteiger partial charge in [0, 0.05) is 30.6 Å². The number of rotatable bonds is 4. The molecule has 3 rings (SSSR count). The van der Waals surface area contributed by atoms with Crippen molar-refractivity contribution in [2.45, 2.75) is 39.3 Å². The molecule has 0 spiro atoms. The summed E-state index contributed by atoms with van der Waals surface area (Å²) in [5, 5.41) is 0. The molecular weight excluding hydrogens is 330 g/mol. The molecule has 0 saturated carbocycles. The van der Waals surface area contributed by atoms with Gasteiger partial charge in [-0.2, -0.15) is 0 Å². The van der Waals surface area contributed by atoms with Crippen molar-refractivity contribution in [2.75, 3.05) is 0 Å². The van der Waals surface area contributed by atoms with Crippen LogP contribution in [0, 0.1) is 0 Å². The van der Waals surface area contributed by atoms with Crippen molar-refractivity contribution < 1.29 is 14.4 Å². The van der Waals surface area contributed by atoms with Gasteiger partial charge in [0.15, 0.2) is 0 Å². The molecule has 1 saturated heterocycles. The molecule has 0 bridgehead atoms. The zero-order valence-electron chi connectivity index (χ0n) is 14.9. The first kappa shape index (κ1) is 17.8. The zero-order chi connectivity index (χ0) is 18.7. The quantitative estimate of drug-likeness (QED) is 0.792. The number of hydrogen-bond donors (Lipinski definition) is 0. The van der Waals surface area contributed by atoms with Crippen LogP contribution in [0.5, 0.6) is 0 Å². The highest BCUT2D eigenvalue weighted by molar-refractivity contribution is 6.01. The highest BCUT2D eigenvalue weighted by Crippen LogP contribution is 2.16. The number of carbonyl (C=O) groups excluding carboxylic acids is 3. The summed E-state index contributed by atoms with van der Waals surface area (Å²) in [7, 11) is 0. The molecule has 1 fully saturated rings. The Kier molecular flexibility index (Phi) is 5.11. The molecule has 1 aromatic heterocycles. The molecular formula is C20H21N3O3. The molecule has 6 nitrogen and oxygen atoms in total. The van der Waals surface area contributed by atoms with E-state index in [1.54, 1.807) is 42.6 Å². The summed E-state index contributed by atoms with van der Waals surface area (Å²) in [6, 6.07) is 12.5. The van der Waals surface area contributed by atoms with Crippen molar-refractivity contribution in [3.05, 3.63) is 65.3 Å². The molecule has 134 valence electrons. The number of benzene rings is 1. The van der Waals surface area contributed by atoms with Gasteiger partial charge in [0.05, 0.1) is 6.54 Å². The average Bonchev–Trinajstić information content (AvgIpc) is 2.94. The number of amides is 2. The lowest BCUT2D eigenvalue weighted by Gasteiger charge is -2.14. The fourth-order valence-electron chi connectivity index (χ4n) is 2.85. The van der Waals surface area contributed by atoms with Gasteiger partial charge >= 0.3 is 0 Å². The van der Waals surface area contributed by atoms with Gasteiger partial charge in [-0.1, -0.05) is 18.2 Å². The Morgan fingerprint density at radius 1 is 1.04 bits per heavy atom. The molecule has 0 aliphatic carbocycles. The molecule has 2 heterocycles. The van der Waals surface area contributed by atoms with Crippen LogP contribution in [0.1, 0.15) is 42.6 Å². The van der Waals surface area contributed by atoms with Gasteiger partial charge in [0.25, 0.3) is 5.91 Å². The number of aromatic nitrogens is 1. The van der Waals surface area contributed by atoms with E-state index in [0.29, 0.717) is 11.1 Å². The van der Waals surface area contributed by atoms with Crippen molar-refractivity contribution >= 4 is 17.7 Å². The minimum Gasteiger partial charge on any atom is -0.278 e. The second-order valence-corrected chi connectivity index (χ2v) is 6.53. The van der Waals surface area contributed by atoms with Gasteiger partial charge in [-0.3, -0.25) is 28.8 Å². The summed E-state index contributed by atoms with van der Waals surface area (Å²) < 4.78 is 1.52. The van der Waals surface area contributed by atoms with Crippen molar-refractivity contribution in [1.29, 1.82) is 0 Å². The third-order valence-electron chi connectivity index (χ3n) is 4.14. The number of likely N-dealkylation sites (tertiary alicyclic amines) is 1. The summed E-state index contributed by atoms with van der Waals surface area (Å²) in [5.41, 5.74) is 1.93. The smallest absolute Gasteiger partial charge is 0.263 e. The molecule has 0 atom stereocenters. The minimum atomic E-state index is -0.176. The SMILES string of the molecule is CC(C)N=c1ccccn1C(=O)c1ccc(CN2C(=O)CCC2=O)cc1. The lowest BCUT2D eigenvalue weighted by Crippen LogP contribution is -2.29. The van der Waals surface area contributed by atoms with Crippen LogP contribution in [0.15, 0.2) is 53.7 Å². The van der Waals surface area contributed by atoms with E-state index < -0.39 is 0 Å². The maximum absolute atomic E-state index is 12.8. The monoisotopic (exact) mass is 351 g/mol. The van der Waals surface area contributed by atoms with Crippen LogP contribution in [0.2, 0.25) is 0 Å². The van der Waals surface area contributed by atoms with Crippen LogP contribution in [0.3, 0.4) is 0 Å². The van der Waals surface area contributed by atoms with Crippen LogP contribution in [0.4, 0.5) is 0 Å². The molecule has 0 unspecified atom stereocenters. The Morgan fingerprint density at radius 2 is 1.69 bits per heavy atom. The van der Waals surface area contributed by atoms with Crippen molar-refractivity contribution in [3.8, 4) is 0 Å². The average molecular weight is 351 g/mol. The van der Waals surface area contributed by atoms with Gasteiger partial charge in [-0.25, -0.2) is 0 Å². The highest BCUT2D eigenvalue weighted by Gasteiger charge is 2.28. The van der Waals surface area contributed by atoms with Crippen LogP contribution in [-0.4, -0.2) is 33.2 Å². The van der Waals surface area contributed by atoms with E-state index in [1.807, 2.05) is 19.9 Å². The Morgan fingerprint density at radius 3 is 2.31 bits per heavy atom. The summed E-state index contributed by atoms with van der Waals surface area (Å²) in [6.07, 6.45) is 2.25. The van der Waals surface area contributed by atoms with Crippen LogP contribution >= 0.6 is 0 Å². The molecule has 1 aliphatic rings. The minimum absolute atomic E-state index is 0.0781. The van der Waals surface area contributed by atoms with Crippen LogP contribution < -0.4 is 5.49 Å². The standard InChI is InChI=1S/C20H21N3O3/c1-14(2)21-17-5-3-4-12-22(17)20(26)16-8-6-15(7-9-16)13-23-18(24)10-11-19(23)25/h3-9,12,14H,10-11,13H2,1-2H3. The molecule has 6 heteroatoms. The number of nitrogens with zero attached hydrogens (tertiary/aromatic N) is 3. The first-order chi connectivity index (χ1) is 12.5. The van der Waals surface area contributed by atoms with Crippen molar-refractivity contribution in [2.24, 2.45) is 4.99 Å². The first-order valence-corrected chi connectivity index (χ1v) is 8.64. The third-order valence-corrected chi connectivity index (χ3v) is 4.14. The van der Waals surface area contributed by atoms with Gasteiger partial charge in [-0.05, 0) is 43.7 Å². The van der Waals surface area contributed by atoms with Crippen LogP contribution in [-0.2, 0) is 16.1 Å².